The molecule has 0 aliphatic rings. The third kappa shape index (κ3) is 7.20. The summed E-state index contributed by atoms with van der Waals surface area (Å²) in [4.78, 5) is 23.7. The Kier molecular flexibility index (Phi) is 7.45. The molecule has 0 spiro atoms. The Balaban J connectivity index is 1.46. The molecule has 170 valence electrons. The predicted molar refractivity (Wildman–Crippen MR) is 118 cm³/mol. The molecule has 3 rings (SSSR count). The quantitative estimate of drug-likeness (QED) is 0.322. The lowest BCUT2D eigenvalue weighted by molar-refractivity contribution is -0.137. The Morgan fingerprint density at radius 3 is 2.15 bits per heavy atom. The maximum atomic E-state index is 12.6. The van der Waals surface area contributed by atoms with E-state index >= 15 is 0 Å². The van der Waals surface area contributed by atoms with Crippen LogP contribution >= 0.6 is 0 Å². The molecular formula is C24H20F3N3O3. The van der Waals surface area contributed by atoms with Gasteiger partial charge in [0.2, 0.25) is 0 Å². The Morgan fingerprint density at radius 1 is 0.909 bits per heavy atom. The topological polar surface area (TPSA) is 79.8 Å². The maximum Gasteiger partial charge on any atom is 0.416 e. The Morgan fingerprint density at radius 2 is 1.55 bits per heavy atom. The second-order valence-corrected chi connectivity index (χ2v) is 7.07. The Labute approximate surface area is 188 Å². The van der Waals surface area contributed by atoms with E-state index in [4.69, 9.17) is 4.74 Å². The number of nitrogens with one attached hydrogen (secondary N) is 2. The van der Waals surface area contributed by atoms with E-state index in [-0.39, 0.29) is 5.69 Å². The van der Waals surface area contributed by atoms with Crippen LogP contribution in [0.2, 0.25) is 0 Å². The molecular weight excluding hydrogens is 435 g/mol. The van der Waals surface area contributed by atoms with E-state index in [9.17, 15) is 22.8 Å². The van der Waals surface area contributed by atoms with Crippen LogP contribution in [0.4, 0.5) is 18.9 Å². The minimum Gasteiger partial charge on any atom is -0.489 e. The number of carbonyl (C=O) groups excluding carboxylic acids is 2. The molecule has 0 fully saturated rings. The monoisotopic (exact) mass is 455 g/mol. The lowest BCUT2D eigenvalue weighted by Crippen LogP contribution is -2.32. The van der Waals surface area contributed by atoms with Crippen LogP contribution in [-0.2, 0) is 22.4 Å². The van der Waals surface area contributed by atoms with Gasteiger partial charge in [-0.2, -0.15) is 18.3 Å². The number of halogens is 3. The van der Waals surface area contributed by atoms with Crippen molar-refractivity contribution in [2.45, 2.75) is 19.7 Å². The zero-order valence-corrected chi connectivity index (χ0v) is 17.5. The van der Waals surface area contributed by atoms with E-state index < -0.39 is 23.6 Å². The summed E-state index contributed by atoms with van der Waals surface area (Å²) in [7, 11) is 0. The highest BCUT2D eigenvalue weighted by atomic mass is 19.4. The summed E-state index contributed by atoms with van der Waals surface area (Å²) in [6, 6.07) is 18.7. The van der Waals surface area contributed by atoms with Crippen molar-refractivity contribution in [3.05, 3.63) is 95.1 Å². The second-order valence-electron chi connectivity index (χ2n) is 7.07. The summed E-state index contributed by atoms with van der Waals surface area (Å²) in [6.45, 7) is 2.44. The minimum atomic E-state index is -4.49. The van der Waals surface area contributed by atoms with E-state index in [1.54, 1.807) is 24.3 Å². The van der Waals surface area contributed by atoms with Crippen molar-refractivity contribution >= 4 is 23.7 Å². The standard InChI is InChI=1S/C24H20F3N3O3/c1-16-2-4-18(5-3-16)15-33-21-12-6-17(7-13-21)14-28-30-23(32)22(31)29-20-10-8-19(9-11-20)24(25,26)27/h2-14H,15H2,1H3,(H,29,31)(H,30,32)/b28-14+. The van der Waals surface area contributed by atoms with Crippen molar-refractivity contribution in [1.82, 2.24) is 5.43 Å². The first-order valence-corrected chi connectivity index (χ1v) is 9.81. The normalized spacial score (nSPS) is 11.3. The SMILES string of the molecule is Cc1ccc(COc2ccc(/C=N/NC(=O)C(=O)Nc3ccc(C(F)(F)F)cc3)cc2)cc1. The van der Waals surface area contributed by atoms with Gasteiger partial charge in [0, 0.05) is 5.69 Å². The van der Waals surface area contributed by atoms with Crippen LogP contribution in [0.15, 0.2) is 77.9 Å². The van der Waals surface area contributed by atoms with Gasteiger partial charge in [0.25, 0.3) is 0 Å². The first kappa shape index (κ1) is 23.5. The van der Waals surface area contributed by atoms with E-state index in [1.807, 2.05) is 31.2 Å². The average molecular weight is 455 g/mol. The summed E-state index contributed by atoms with van der Waals surface area (Å²) >= 11 is 0. The van der Waals surface area contributed by atoms with Gasteiger partial charge in [0.15, 0.2) is 0 Å². The van der Waals surface area contributed by atoms with Gasteiger partial charge in [-0.05, 0) is 66.6 Å². The number of carbonyl (C=O) groups is 2. The van der Waals surface area contributed by atoms with Crippen molar-refractivity contribution in [2.75, 3.05) is 5.32 Å². The molecule has 0 bridgehead atoms. The molecule has 0 radical (unpaired) electrons. The lowest BCUT2D eigenvalue weighted by Gasteiger charge is -2.08. The molecule has 2 amide bonds. The van der Waals surface area contributed by atoms with Gasteiger partial charge in [0.05, 0.1) is 11.8 Å². The molecule has 0 heterocycles. The summed E-state index contributed by atoms with van der Waals surface area (Å²) in [5.41, 5.74) is 4.12. The molecule has 3 aromatic carbocycles. The summed E-state index contributed by atoms with van der Waals surface area (Å²) < 4.78 is 43.4. The van der Waals surface area contributed by atoms with E-state index in [2.05, 4.69) is 15.8 Å². The van der Waals surface area contributed by atoms with Gasteiger partial charge in [-0.3, -0.25) is 9.59 Å². The molecule has 0 saturated heterocycles. The number of ether oxygens (including phenoxy) is 1. The van der Waals surface area contributed by atoms with Gasteiger partial charge in [0.1, 0.15) is 12.4 Å². The number of aryl methyl sites for hydroxylation is 1. The Hall–Kier alpha value is -4.14. The molecule has 33 heavy (non-hydrogen) atoms. The van der Waals surface area contributed by atoms with Crippen molar-refractivity contribution < 1.29 is 27.5 Å². The molecule has 0 aromatic heterocycles. The van der Waals surface area contributed by atoms with Crippen LogP contribution in [0.3, 0.4) is 0 Å². The van der Waals surface area contributed by atoms with Gasteiger partial charge in [-0.15, -0.1) is 0 Å². The number of anilines is 1. The molecule has 0 unspecified atom stereocenters. The largest absolute Gasteiger partial charge is 0.489 e. The third-order valence-corrected chi connectivity index (χ3v) is 4.46. The van der Waals surface area contributed by atoms with Crippen LogP contribution in [0.5, 0.6) is 5.75 Å². The molecule has 9 heteroatoms. The number of hydrogen-bond acceptors (Lipinski definition) is 4. The zero-order chi connectivity index (χ0) is 23.8. The molecule has 0 atom stereocenters. The fourth-order valence-electron chi connectivity index (χ4n) is 2.65. The molecule has 0 aliphatic heterocycles. The molecule has 3 aromatic rings. The van der Waals surface area contributed by atoms with Crippen molar-refractivity contribution in [1.29, 1.82) is 0 Å². The van der Waals surface area contributed by atoms with Crippen LogP contribution in [0.1, 0.15) is 22.3 Å². The number of nitrogens with zero attached hydrogens (tertiary/aromatic N) is 1. The number of benzene rings is 3. The average Bonchev–Trinajstić information content (AvgIpc) is 2.79. The fraction of sp³-hybridized carbons (Fsp3) is 0.125. The van der Waals surface area contributed by atoms with Crippen molar-refractivity contribution in [3.8, 4) is 5.75 Å². The maximum absolute atomic E-state index is 12.6. The minimum absolute atomic E-state index is 0.0494. The molecule has 0 saturated carbocycles. The summed E-state index contributed by atoms with van der Waals surface area (Å²) in [5, 5.41) is 5.91. The number of hydrazone groups is 1. The number of rotatable bonds is 6. The molecule has 6 nitrogen and oxygen atoms in total. The first-order valence-electron chi connectivity index (χ1n) is 9.81. The van der Waals surface area contributed by atoms with Crippen molar-refractivity contribution in [2.24, 2.45) is 5.10 Å². The van der Waals surface area contributed by atoms with Crippen LogP contribution < -0.4 is 15.5 Å². The van der Waals surface area contributed by atoms with Gasteiger partial charge >= 0.3 is 18.0 Å². The summed E-state index contributed by atoms with van der Waals surface area (Å²) in [6.07, 6.45) is -3.15. The number of amides is 2. The number of alkyl halides is 3. The van der Waals surface area contributed by atoms with Gasteiger partial charge in [-0.25, -0.2) is 5.43 Å². The van der Waals surface area contributed by atoms with E-state index in [0.29, 0.717) is 17.9 Å². The van der Waals surface area contributed by atoms with Crippen LogP contribution in [-0.4, -0.2) is 18.0 Å². The van der Waals surface area contributed by atoms with E-state index in [1.165, 1.54) is 11.8 Å². The van der Waals surface area contributed by atoms with Crippen molar-refractivity contribution in [3.63, 3.8) is 0 Å². The lowest BCUT2D eigenvalue weighted by atomic mass is 10.2. The van der Waals surface area contributed by atoms with Gasteiger partial charge in [-0.1, -0.05) is 29.8 Å². The third-order valence-electron chi connectivity index (χ3n) is 4.46. The molecule has 0 aliphatic carbocycles. The first-order chi connectivity index (χ1) is 15.7. The smallest absolute Gasteiger partial charge is 0.416 e. The van der Waals surface area contributed by atoms with Gasteiger partial charge < -0.3 is 10.1 Å². The summed E-state index contributed by atoms with van der Waals surface area (Å²) in [5.74, 6) is -1.47. The zero-order valence-electron chi connectivity index (χ0n) is 17.5. The van der Waals surface area contributed by atoms with E-state index in [0.717, 1.165) is 29.8 Å². The number of hydrogen-bond donors (Lipinski definition) is 2. The van der Waals surface area contributed by atoms with Crippen LogP contribution in [0, 0.1) is 6.92 Å². The fourth-order valence-corrected chi connectivity index (χ4v) is 2.65. The highest BCUT2D eigenvalue weighted by Crippen LogP contribution is 2.29. The highest BCUT2D eigenvalue weighted by Gasteiger charge is 2.30. The Bertz CT molecular complexity index is 1120. The second kappa shape index (κ2) is 10.4. The highest BCUT2D eigenvalue weighted by molar-refractivity contribution is 6.39. The van der Waals surface area contributed by atoms with Crippen LogP contribution in [0.25, 0.3) is 0 Å². The molecule has 2 N–H and O–H groups in total. The predicted octanol–water partition coefficient (Wildman–Crippen LogP) is 4.68.